The Morgan fingerprint density at radius 2 is 2.32 bits per heavy atom. The zero-order chi connectivity index (χ0) is 13.7. The third-order valence-electron chi connectivity index (χ3n) is 3.44. The summed E-state index contributed by atoms with van der Waals surface area (Å²) >= 11 is 0. The minimum atomic E-state index is 0.0742. The molecule has 0 radical (unpaired) electrons. The highest BCUT2D eigenvalue weighted by Crippen LogP contribution is 2.28. The lowest BCUT2D eigenvalue weighted by molar-refractivity contribution is -0.114. The molecule has 1 aliphatic rings. The SMILES string of the molecule is CCn1cc(OC2CC(NC)C2OCCOC)cn1. The maximum atomic E-state index is 5.92. The van der Waals surface area contributed by atoms with Gasteiger partial charge in [-0.1, -0.05) is 0 Å². The summed E-state index contributed by atoms with van der Waals surface area (Å²) in [7, 11) is 3.62. The Labute approximate surface area is 114 Å². The number of methoxy groups -OCH3 is 1. The Hall–Kier alpha value is -1.11. The molecule has 6 nitrogen and oxygen atoms in total. The van der Waals surface area contributed by atoms with Crippen LogP contribution in [0.5, 0.6) is 5.75 Å². The van der Waals surface area contributed by atoms with Crippen molar-refractivity contribution in [2.75, 3.05) is 27.4 Å². The Bertz CT molecular complexity index is 383. The van der Waals surface area contributed by atoms with Crippen LogP contribution in [-0.2, 0) is 16.0 Å². The number of nitrogens with one attached hydrogen (secondary N) is 1. The van der Waals surface area contributed by atoms with Crippen LogP contribution in [0.2, 0.25) is 0 Å². The fourth-order valence-electron chi connectivity index (χ4n) is 2.22. The fourth-order valence-corrected chi connectivity index (χ4v) is 2.22. The zero-order valence-electron chi connectivity index (χ0n) is 11.8. The molecule has 1 aliphatic carbocycles. The van der Waals surface area contributed by atoms with Gasteiger partial charge in [0, 0.05) is 26.1 Å². The van der Waals surface area contributed by atoms with Gasteiger partial charge in [-0.05, 0) is 14.0 Å². The summed E-state index contributed by atoms with van der Waals surface area (Å²) in [5.74, 6) is 0.807. The van der Waals surface area contributed by atoms with Gasteiger partial charge in [-0.25, -0.2) is 0 Å². The van der Waals surface area contributed by atoms with E-state index in [0.717, 1.165) is 18.7 Å². The summed E-state index contributed by atoms with van der Waals surface area (Å²) in [4.78, 5) is 0. The van der Waals surface area contributed by atoms with E-state index in [1.54, 1.807) is 13.3 Å². The Kier molecular flexibility index (Phi) is 5.18. The molecule has 1 aromatic heterocycles. The molecular formula is C13H23N3O3. The smallest absolute Gasteiger partial charge is 0.157 e. The molecule has 1 aromatic rings. The van der Waals surface area contributed by atoms with Gasteiger partial charge in [0.2, 0.25) is 0 Å². The van der Waals surface area contributed by atoms with E-state index in [4.69, 9.17) is 14.2 Å². The zero-order valence-corrected chi connectivity index (χ0v) is 11.8. The molecule has 0 spiro atoms. The van der Waals surface area contributed by atoms with Crippen LogP contribution < -0.4 is 10.1 Å². The van der Waals surface area contributed by atoms with E-state index in [9.17, 15) is 0 Å². The number of hydrogen-bond donors (Lipinski definition) is 1. The number of nitrogens with zero attached hydrogens (tertiary/aromatic N) is 2. The molecule has 1 fully saturated rings. The molecule has 6 heteroatoms. The fraction of sp³-hybridized carbons (Fsp3) is 0.769. The van der Waals surface area contributed by atoms with Crippen molar-refractivity contribution in [3.8, 4) is 5.75 Å². The molecule has 108 valence electrons. The van der Waals surface area contributed by atoms with Crippen LogP contribution in [0.25, 0.3) is 0 Å². The van der Waals surface area contributed by atoms with Crippen molar-refractivity contribution < 1.29 is 14.2 Å². The number of likely N-dealkylation sites (N-methyl/N-ethyl adjacent to an activating group) is 1. The highest BCUT2D eigenvalue weighted by Gasteiger charge is 2.43. The van der Waals surface area contributed by atoms with Crippen molar-refractivity contribution >= 4 is 0 Å². The molecule has 1 heterocycles. The summed E-state index contributed by atoms with van der Waals surface area (Å²) in [5, 5.41) is 7.44. The van der Waals surface area contributed by atoms with Crippen LogP contribution in [0.15, 0.2) is 12.4 Å². The van der Waals surface area contributed by atoms with Crippen LogP contribution in [-0.4, -0.2) is 55.4 Å². The molecule has 0 saturated heterocycles. The van der Waals surface area contributed by atoms with Crippen molar-refractivity contribution in [3.05, 3.63) is 12.4 Å². The average Bonchev–Trinajstić information content (AvgIpc) is 2.87. The van der Waals surface area contributed by atoms with Crippen LogP contribution in [0.3, 0.4) is 0 Å². The highest BCUT2D eigenvalue weighted by molar-refractivity contribution is 5.14. The van der Waals surface area contributed by atoms with Gasteiger partial charge in [0.05, 0.1) is 25.6 Å². The predicted molar refractivity (Wildman–Crippen MR) is 71.4 cm³/mol. The first kappa shape index (κ1) is 14.3. The Balaban J connectivity index is 1.84. The van der Waals surface area contributed by atoms with Crippen LogP contribution >= 0.6 is 0 Å². The third kappa shape index (κ3) is 3.46. The van der Waals surface area contributed by atoms with Crippen LogP contribution in [0.4, 0.5) is 0 Å². The van der Waals surface area contributed by atoms with E-state index in [-0.39, 0.29) is 12.2 Å². The van der Waals surface area contributed by atoms with Gasteiger partial charge in [-0.15, -0.1) is 0 Å². The van der Waals surface area contributed by atoms with E-state index in [1.807, 2.05) is 24.9 Å². The van der Waals surface area contributed by atoms with Crippen molar-refractivity contribution in [1.82, 2.24) is 15.1 Å². The second-order valence-corrected chi connectivity index (χ2v) is 4.65. The number of ether oxygens (including phenoxy) is 3. The lowest BCUT2D eigenvalue weighted by Gasteiger charge is -2.43. The quantitative estimate of drug-likeness (QED) is 0.703. The molecule has 19 heavy (non-hydrogen) atoms. The largest absolute Gasteiger partial charge is 0.484 e. The first-order valence-electron chi connectivity index (χ1n) is 6.75. The van der Waals surface area contributed by atoms with Gasteiger partial charge >= 0.3 is 0 Å². The summed E-state index contributed by atoms with van der Waals surface area (Å²) in [6.07, 6.45) is 4.78. The molecule has 0 bridgehead atoms. The molecule has 0 amide bonds. The molecule has 2 rings (SSSR count). The summed E-state index contributed by atoms with van der Waals surface area (Å²) < 4.78 is 18.6. The average molecular weight is 269 g/mol. The summed E-state index contributed by atoms with van der Waals surface area (Å²) in [5.41, 5.74) is 0. The minimum Gasteiger partial charge on any atom is -0.484 e. The van der Waals surface area contributed by atoms with Crippen molar-refractivity contribution in [2.45, 2.75) is 38.1 Å². The van der Waals surface area contributed by atoms with Crippen molar-refractivity contribution in [3.63, 3.8) is 0 Å². The van der Waals surface area contributed by atoms with Crippen molar-refractivity contribution in [2.24, 2.45) is 0 Å². The normalized spacial score (nSPS) is 26.2. The molecule has 0 aromatic carbocycles. The van der Waals surface area contributed by atoms with Gasteiger partial charge in [0.25, 0.3) is 0 Å². The Morgan fingerprint density at radius 1 is 1.47 bits per heavy atom. The first-order valence-corrected chi connectivity index (χ1v) is 6.75. The molecule has 3 unspecified atom stereocenters. The monoisotopic (exact) mass is 269 g/mol. The second kappa shape index (κ2) is 6.88. The number of aryl methyl sites for hydroxylation is 1. The highest BCUT2D eigenvalue weighted by atomic mass is 16.6. The third-order valence-corrected chi connectivity index (χ3v) is 3.44. The standard InChI is InChI=1S/C13H23N3O3/c1-4-16-9-10(8-15-16)19-12-7-11(14-2)13(12)18-6-5-17-3/h8-9,11-14H,4-7H2,1-3H3. The van der Waals surface area contributed by atoms with E-state index in [2.05, 4.69) is 10.4 Å². The topological polar surface area (TPSA) is 57.5 Å². The number of aromatic nitrogens is 2. The Morgan fingerprint density at radius 3 is 2.95 bits per heavy atom. The van der Waals surface area contributed by atoms with Gasteiger partial charge in [0.1, 0.15) is 12.2 Å². The maximum absolute atomic E-state index is 5.92. The van der Waals surface area contributed by atoms with E-state index in [0.29, 0.717) is 19.3 Å². The number of hydrogen-bond acceptors (Lipinski definition) is 5. The first-order chi connectivity index (χ1) is 9.28. The van der Waals surface area contributed by atoms with E-state index < -0.39 is 0 Å². The van der Waals surface area contributed by atoms with Crippen LogP contribution in [0.1, 0.15) is 13.3 Å². The molecule has 1 N–H and O–H groups in total. The van der Waals surface area contributed by atoms with E-state index in [1.165, 1.54) is 0 Å². The molecule has 0 aliphatic heterocycles. The predicted octanol–water partition coefficient (Wildman–Crippen LogP) is 0.674. The summed E-state index contributed by atoms with van der Waals surface area (Å²) in [6.45, 7) is 4.09. The lowest BCUT2D eigenvalue weighted by atomic mass is 9.85. The second-order valence-electron chi connectivity index (χ2n) is 4.65. The maximum Gasteiger partial charge on any atom is 0.157 e. The van der Waals surface area contributed by atoms with Crippen LogP contribution in [0, 0.1) is 0 Å². The molecule has 3 atom stereocenters. The van der Waals surface area contributed by atoms with Gasteiger partial charge in [-0.2, -0.15) is 5.10 Å². The van der Waals surface area contributed by atoms with Gasteiger partial charge in [0.15, 0.2) is 5.75 Å². The molecular weight excluding hydrogens is 246 g/mol. The van der Waals surface area contributed by atoms with Gasteiger partial charge in [-0.3, -0.25) is 4.68 Å². The minimum absolute atomic E-state index is 0.0742. The lowest BCUT2D eigenvalue weighted by Crippen LogP contribution is -2.60. The van der Waals surface area contributed by atoms with Crippen molar-refractivity contribution in [1.29, 1.82) is 0 Å². The van der Waals surface area contributed by atoms with Gasteiger partial charge < -0.3 is 19.5 Å². The summed E-state index contributed by atoms with van der Waals surface area (Å²) in [6, 6.07) is 0.350. The van der Waals surface area contributed by atoms with E-state index >= 15 is 0 Å². The molecule has 1 saturated carbocycles. The number of rotatable bonds is 8.